The van der Waals surface area contributed by atoms with Crippen molar-refractivity contribution in [3.8, 4) is 17.2 Å². The lowest BCUT2D eigenvalue weighted by molar-refractivity contribution is 0.415. The molecule has 0 aliphatic rings. The van der Waals surface area contributed by atoms with E-state index >= 15 is 0 Å². The molecule has 2 aromatic carbocycles. The van der Waals surface area contributed by atoms with Crippen molar-refractivity contribution in [3.05, 3.63) is 65.8 Å². The molecule has 0 bridgehead atoms. The standard InChI is InChI=1S/C18H18FN3O2/c1-23-15-8-6-14(7-9-15)18-22-21-17(24-18)12-20-11-10-13-4-2-3-5-16(13)19/h2-9,20H,10-12H2,1H3. The SMILES string of the molecule is COc1ccc(-c2nnc(CNCCc3ccccc3F)o2)cc1. The van der Waals surface area contributed by atoms with Gasteiger partial charge < -0.3 is 14.5 Å². The number of nitrogens with one attached hydrogen (secondary N) is 1. The average Bonchev–Trinajstić information content (AvgIpc) is 3.09. The number of benzene rings is 2. The van der Waals surface area contributed by atoms with E-state index in [1.807, 2.05) is 30.3 Å². The Morgan fingerprint density at radius 1 is 1.08 bits per heavy atom. The van der Waals surface area contributed by atoms with E-state index in [9.17, 15) is 4.39 Å². The highest BCUT2D eigenvalue weighted by Gasteiger charge is 2.08. The Kier molecular flexibility index (Phi) is 5.18. The van der Waals surface area contributed by atoms with E-state index in [2.05, 4.69) is 15.5 Å². The maximum Gasteiger partial charge on any atom is 0.247 e. The fraction of sp³-hybridized carbons (Fsp3) is 0.222. The lowest BCUT2D eigenvalue weighted by Crippen LogP contribution is -2.17. The Bertz CT molecular complexity index is 787. The van der Waals surface area contributed by atoms with Gasteiger partial charge in [-0.15, -0.1) is 10.2 Å². The molecule has 0 spiro atoms. The highest BCUT2D eigenvalue weighted by Crippen LogP contribution is 2.21. The summed E-state index contributed by atoms with van der Waals surface area (Å²) >= 11 is 0. The smallest absolute Gasteiger partial charge is 0.247 e. The Labute approximate surface area is 139 Å². The molecule has 0 atom stereocenters. The van der Waals surface area contributed by atoms with E-state index in [1.54, 1.807) is 19.2 Å². The largest absolute Gasteiger partial charge is 0.497 e. The monoisotopic (exact) mass is 327 g/mol. The molecule has 3 rings (SSSR count). The summed E-state index contributed by atoms with van der Waals surface area (Å²) < 4.78 is 24.2. The molecule has 0 aliphatic carbocycles. The van der Waals surface area contributed by atoms with Gasteiger partial charge in [-0.25, -0.2) is 4.39 Å². The molecule has 0 radical (unpaired) electrons. The molecule has 6 heteroatoms. The van der Waals surface area contributed by atoms with Crippen LogP contribution in [-0.4, -0.2) is 23.9 Å². The van der Waals surface area contributed by atoms with Crippen LogP contribution >= 0.6 is 0 Å². The predicted molar refractivity (Wildman–Crippen MR) is 88.1 cm³/mol. The summed E-state index contributed by atoms with van der Waals surface area (Å²) in [5.74, 6) is 1.55. The second-order valence-corrected chi connectivity index (χ2v) is 5.25. The number of nitrogens with zero attached hydrogens (tertiary/aromatic N) is 2. The van der Waals surface area contributed by atoms with Crippen LogP contribution in [0.15, 0.2) is 52.9 Å². The minimum atomic E-state index is -0.182. The van der Waals surface area contributed by atoms with Gasteiger partial charge in [0.2, 0.25) is 11.8 Å². The van der Waals surface area contributed by atoms with Gasteiger partial charge in [0, 0.05) is 5.56 Å². The summed E-state index contributed by atoms with van der Waals surface area (Å²) in [6.45, 7) is 1.07. The van der Waals surface area contributed by atoms with Crippen LogP contribution in [0.25, 0.3) is 11.5 Å². The molecule has 0 unspecified atom stereocenters. The zero-order chi connectivity index (χ0) is 16.8. The molecule has 0 saturated heterocycles. The number of methoxy groups -OCH3 is 1. The topological polar surface area (TPSA) is 60.2 Å². The van der Waals surface area contributed by atoms with Crippen molar-refractivity contribution in [3.63, 3.8) is 0 Å². The van der Waals surface area contributed by atoms with Crippen molar-refractivity contribution in [1.29, 1.82) is 0 Å². The van der Waals surface area contributed by atoms with Gasteiger partial charge in [-0.3, -0.25) is 0 Å². The van der Waals surface area contributed by atoms with E-state index < -0.39 is 0 Å². The van der Waals surface area contributed by atoms with Gasteiger partial charge in [-0.05, 0) is 48.9 Å². The Hall–Kier alpha value is -2.73. The number of ether oxygens (including phenoxy) is 1. The molecule has 24 heavy (non-hydrogen) atoms. The maximum atomic E-state index is 13.5. The fourth-order valence-corrected chi connectivity index (χ4v) is 2.29. The first-order valence-electron chi connectivity index (χ1n) is 7.67. The zero-order valence-electron chi connectivity index (χ0n) is 13.3. The first-order valence-corrected chi connectivity index (χ1v) is 7.67. The molecule has 0 saturated carbocycles. The molecule has 3 aromatic rings. The number of hydrogen-bond acceptors (Lipinski definition) is 5. The van der Waals surface area contributed by atoms with E-state index in [1.165, 1.54) is 6.07 Å². The summed E-state index contributed by atoms with van der Waals surface area (Å²) in [6, 6.07) is 14.2. The van der Waals surface area contributed by atoms with E-state index in [-0.39, 0.29) is 5.82 Å². The summed E-state index contributed by atoms with van der Waals surface area (Å²) in [5.41, 5.74) is 1.52. The Morgan fingerprint density at radius 3 is 2.62 bits per heavy atom. The third-order valence-corrected chi connectivity index (χ3v) is 3.61. The molecule has 5 nitrogen and oxygen atoms in total. The minimum absolute atomic E-state index is 0.182. The molecule has 0 aliphatic heterocycles. The number of rotatable bonds is 7. The molecular formula is C18H18FN3O2. The number of halogens is 1. The van der Waals surface area contributed by atoms with Gasteiger partial charge in [-0.2, -0.15) is 0 Å². The summed E-state index contributed by atoms with van der Waals surface area (Å²) in [4.78, 5) is 0. The van der Waals surface area contributed by atoms with Crippen LogP contribution in [0.4, 0.5) is 4.39 Å². The first kappa shape index (κ1) is 16.1. The Morgan fingerprint density at radius 2 is 1.88 bits per heavy atom. The zero-order valence-corrected chi connectivity index (χ0v) is 13.3. The molecule has 0 amide bonds. The van der Waals surface area contributed by atoms with Crippen LogP contribution in [0.1, 0.15) is 11.5 Å². The van der Waals surface area contributed by atoms with Crippen LogP contribution in [-0.2, 0) is 13.0 Å². The van der Waals surface area contributed by atoms with Crippen LogP contribution in [0.5, 0.6) is 5.75 Å². The van der Waals surface area contributed by atoms with Gasteiger partial charge in [0.05, 0.1) is 13.7 Å². The van der Waals surface area contributed by atoms with Crippen LogP contribution in [0.2, 0.25) is 0 Å². The van der Waals surface area contributed by atoms with E-state index in [0.29, 0.717) is 36.9 Å². The lowest BCUT2D eigenvalue weighted by Gasteiger charge is -2.03. The van der Waals surface area contributed by atoms with Crippen LogP contribution < -0.4 is 10.1 Å². The lowest BCUT2D eigenvalue weighted by atomic mass is 10.1. The van der Waals surface area contributed by atoms with Crippen molar-refractivity contribution >= 4 is 0 Å². The van der Waals surface area contributed by atoms with Crippen molar-refractivity contribution in [2.24, 2.45) is 0 Å². The van der Waals surface area contributed by atoms with Gasteiger partial charge in [0.1, 0.15) is 11.6 Å². The number of aromatic nitrogens is 2. The van der Waals surface area contributed by atoms with Crippen LogP contribution in [0.3, 0.4) is 0 Å². The van der Waals surface area contributed by atoms with E-state index in [4.69, 9.17) is 9.15 Å². The molecule has 1 aromatic heterocycles. The van der Waals surface area contributed by atoms with Crippen molar-refractivity contribution in [2.75, 3.05) is 13.7 Å². The fourth-order valence-electron chi connectivity index (χ4n) is 2.29. The average molecular weight is 327 g/mol. The normalized spacial score (nSPS) is 10.8. The molecule has 1 N–H and O–H groups in total. The molecular weight excluding hydrogens is 309 g/mol. The quantitative estimate of drug-likeness (QED) is 0.675. The van der Waals surface area contributed by atoms with Gasteiger partial charge in [0.15, 0.2) is 0 Å². The highest BCUT2D eigenvalue weighted by atomic mass is 19.1. The molecule has 0 fully saturated rings. The van der Waals surface area contributed by atoms with Gasteiger partial charge in [-0.1, -0.05) is 18.2 Å². The highest BCUT2D eigenvalue weighted by molar-refractivity contribution is 5.53. The Balaban J connectivity index is 1.51. The van der Waals surface area contributed by atoms with E-state index in [0.717, 1.165) is 11.3 Å². The van der Waals surface area contributed by atoms with Crippen molar-refractivity contribution in [1.82, 2.24) is 15.5 Å². The third kappa shape index (κ3) is 3.97. The molecule has 1 heterocycles. The minimum Gasteiger partial charge on any atom is -0.497 e. The van der Waals surface area contributed by atoms with Crippen LogP contribution in [0, 0.1) is 5.82 Å². The summed E-state index contributed by atoms with van der Waals surface area (Å²) in [6.07, 6.45) is 0.603. The third-order valence-electron chi connectivity index (χ3n) is 3.61. The second-order valence-electron chi connectivity index (χ2n) is 5.25. The first-order chi connectivity index (χ1) is 11.8. The summed E-state index contributed by atoms with van der Waals surface area (Å²) in [7, 11) is 1.62. The predicted octanol–water partition coefficient (Wildman–Crippen LogP) is 3.22. The summed E-state index contributed by atoms with van der Waals surface area (Å²) in [5, 5.41) is 11.2. The number of hydrogen-bond donors (Lipinski definition) is 1. The van der Waals surface area contributed by atoms with Crippen molar-refractivity contribution in [2.45, 2.75) is 13.0 Å². The molecule has 124 valence electrons. The van der Waals surface area contributed by atoms with Crippen molar-refractivity contribution < 1.29 is 13.5 Å². The maximum absolute atomic E-state index is 13.5. The van der Waals surface area contributed by atoms with Gasteiger partial charge in [0.25, 0.3) is 0 Å². The second kappa shape index (κ2) is 7.70. The van der Waals surface area contributed by atoms with Gasteiger partial charge >= 0.3 is 0 Å².